The average Bonchev–Trinajstić information content (AvgIpc) is 2.96. The van der Waals surface area contributed by atoms with Crippen LogP contribution in [0.4, 0.5) is 23.4 Å². The van der Waals surface area contributed by atoms with Gasteiger partial charge in [-0.05, 0) is 29.8 Å². The summed E-state index contributed by atoms with van der Waals surface area (Å²) in [5.41, 5.74) is -0.694. The first-order valence-electron chi connectivity index (χ1n) is 12.0. The normalized spacial score (nSPS) is 14.3. The highest BCUT2D eigenvalue weighted by Gasteiger charge is 2.36. The van der Waals surface area contributed by atoms with Gasteiger partial charge in [0, 0.05) is 60.9 Å². The van der Waals surface area contributed by atoms with Crippen molar-refractivity contribution in [2.75, 3.05) is 25.5 Å². The van der Waals surface area contributed by atoms with E-state index in [1.807, 2.05) is 0 Å². The molecule has 5 rings (SSSR count). The zero-order chi connectivity index (χ0) is 29.3. The molecule has 4 heterocycles. The number of nitrogens with one attached hydrogen (secondary N) is 1. The minimum atomic E-state index is -4.78. The third-order valence-corrected chi connectivity index (χ3v) is 7.57. The molecule has 1 aliphatic rings. The lowest BCUT2D eigenvalue weighted by molar-refractivity contribution is -0.139. The van der Waals surface area contributed by atoms with Gasteiger partial charge in [-0.1, -0.05) is 6.07 Å². The first-order chi connectivity index (χ1) is 19.6. The Morgan fingerprint density at radius 3 is 2.59 bits per heavy atom. The van der Waals surface area contributed by atoms with Gasteiger partial charge in [0.05, 0.1) is 19.9 Å². The van der Waals surface area contributed by atoms with Crippen LogP contribution < -0.4 is 19.8 Å². The van der Waals surface area contributed by atoms with Crippen molar-refractivity contribution in [2.24, 2.45) is 0 Å². The molecule has 0 saturated carbocycles. The predicted octanol–water partition coefficient (Wildman–Crippen LogP) is 3.91. The summed E-state index contributed by atoms with van der Waals surface area (Å²) in [5.74, 6) is -1.15. The predicted molar refractivity (Wildman–Crippen MR) is 141 cm³/mol. The first kappa shape index (κ1) is 28.2. The van der Waals surface area contributed by atoms with Gasteiger partial charge in [-0.25, -0.2) is 17.9 Å². The highest BCUT2D eigenvalue weighted by molar-refractivity contribution is 7.84. The summed E-state index contributed by atoms with van der Waals surface area (Å²) in [5, 5.41) is 7.60. The van der Waals surface area contributed by atoms with E-state index in [1.54, 1.807) is 22.5 Å². The van der Waals surface area contributed by atoms with Crippen LogP contribution in [-0.4, -0.2) is 49.0 Å². The molecule has 0 fully saturated rings. The summed E-state index contributed by atoms with van der Waals surface area (Å²) in [6.07, 6.45) is -1.95. The summed E-state index contributed by atoms with van der Waals surface area (Å²) < 4.78 is 84.9. The van der Waals surface area contributed by atoms with Crippen molar-refractivity contribution in [3.63, 3.8) is 0 Å². The molecule has 0 amide bonds. The van der Waals surface area contributed by atoms with Crippen molar-refractivity contribution in [2.45, 2.75) is 19.1 Å². The van der Waals surface area contributed by atoms with Gasteiger partial charge >= 0.3 is 6.18 Å². The number of halogens is 4. The van der Waals surface area contributed by atoms with Gasteiger partial charge in [0.15, 0.2) is 17.0 Å². The van der Waals surface area contributed by atoms with Crippen LogP contribution in [0.1, 0.15) is 16.8 Å². The van der Waals surface area contributed by atoms with Crippen LogP contribution in [0.25, 0.3) is 16.8 Å². The van der Waals surface area contributed by atoms with Crippen molar-refractivity contribution in [1.29, 1.82) is 0 Å². The largest absolute Gasteiger partial charge is 0.495 e. The van der Waals surface area contributed by atoms with Crippen LogP contribution in [0.2, 0.25) is 0 Å². The fraction of sp³-hybridized carbons (Fsp3) is 0.231. The van der Waals surface area contributed by atoms with Crippen molar-refractivity contribution < 1.29 is 31.2 Å². The number of nitrogens with zero attached hydrogens (tertiary/aromatic N) is 5. The number of aromatic nitrogens is 4. The van der Waals surface area contributed by atoms with E-state index in [0.717, 1.165) is 25.4 Å². The monoisotopic (exact) mass is 590 g/mol. The summed E-state index contributed by atoms with van der Waals surface area (Å²) in [4.78, 5) is 16.7. The van der Waals surface area contributed by atoms with Crippen molar-refractivity contribution in [3.8, 4) is 28.4 Å². The van der Waals surface area contributed by atoms with Gasteiger partial charge in [-0.3, -0.25) is 14.1 Å². The van der Waals surface area contributed by atoms with E-state index in [9.17, 15) is 22.2 Å². The summed E-state index contributed by atoms with van der Waals surface area (Å²) in [6.45, 7) is 0.493. The van der Waals surface area contributed by atoms with E-state index in [2.05, 4.69) is 19.9 Å². The van der Waals surface area contributed by atoms with E-state index < -0.39 is 40.2 Å². The number of methoxy groups -OCH3 is 2. The Hall–Kier alpha value is -4.37. The molecule has 3 aromatic heterocycles. The van der Waals surface area contributed by atoms with Crippen LogP contribution in [0.15, 0.2) is 59.7 Å². The molecule has 0 saturated heterocycles. The molecule has 15 heteroatoms. The molecular weight excluding hydrogens is 568 g/mol. The van der Waals surface area contributed by atoms with Gasteiger partial charge in [-0.15, -0.1) is 5.10 Å². The second-order valence-corrected chi connectivity index (χ2v) is 10.1. The number of alkyl halides is 3. The number of benzene rings is 1. The van der Waals surface area contributed by atoms with E-state index >= 15 is 4.39 Å². The Morgan fingerprint density at radius 1 is 1.10 bits per heavy atom. The molecule has 1 N–H and O–H groups in total. The molecule has 0 radical (unpaired) electrons. The molecule has 1 aromatic carbocycles. The minimum absolute atomic E-state index is 0.0524. The zero-order valence-electron chi connectivity index (χ0n) is 21.6. The molecule has 1 atom stereocenters. The standard InChI is InChI=1S/C26H22F4N6O4S/c1-39-22-11-17(16-10-18(26(28,29)30)25(40-2)31-13-16)19(27)12-21(22)36-20-7-9-35(14-15(20)5-6-24(36)37)41(38)34-23-4-3-8-32-33-23/h3-6,8,10-13H,7,9,14H2,1-2H3,(H,33,34). The molecular formula is C26H22F4N6O4S. The highest BCUT2D eigenvalue weighted by Crippen LogP contribution is 2.39. The van der Waals surface area contributed by atoms with E-state index in [4.69, 9.17) is 9.47 Å². The maximum Gasteiger partial charge on any atom is 0.421 e. The van der Waals surface area contributed by atoms with Gasteiger partial charge in [0.25, 0.3) is 5.56 Å². The van der Waals surface area contributed by atoms with Crippen molar-refractivity contribution >= 4 is 17.0 Å². The minimum Gasteiger partial charge on any atom is -0.495 e. The molecule has 0 bridgehead atoms. The number of anilines is 1. The molecule has 0 spiro atoms. The molecule has 10 nitrogen and oxygen atoms in total. The Kier molecular flexibility index (Phi) is 7.73. The SMILES string of the molecule is COc1cc(-c2cnc(OC)c(C(F)(F)F)c2)c(F)cc1-n1c2c(ccc1=O)CN(S(=O)Nc1cccnn1)CC2. The van der Waals surface area contributed by atoms with E-state index in [0.29, 0.717) is 17.1 Å². The van der Waals surface area contributed by atoms with Crippen LogP contribution in [0.3, 0.4) is 0 Å². The summed E-state index contributed by atoms with van der Waals surface area (Å²) >= 11 is -1.65. The summed E-state index contributed by atoms with van der Waals surface area (Å²) in [7, 11) is 2.36. The second kappa shape index (κ2) is 11.2. The lowest BCUT2D eigenvalue weighted by atomic mass is 10.0. The van der Waals surface area contributed by atoms with Crippen molar-refractivity contribution in [1.82, 2.24) is 24.1 Å². The zero-order valence-corrected chi connectivity index (χ0v) is 22.4. The van der Waals surface area contributed by atoms with Crippen LogP contribution in [0.5, 0.6) is 11.6 Å². The highest BCUT2D eigenvalue weighted by atomic mass is 32.2. The molecule has 214 valence electrons. The quantitative estimate of drug-likeness (QED) is 0.325. The fourth-order valence-electron chi connectivity index (χ4n) is 4.52. The van der Waals surface area contributed by atoms with Crippen LogP contribution >= 0.6 is 0 Å². The van der Waals surface area contributed by atoms with Gasteiger partial charge in [-0.2, -0.15) is 18.3 Å². The van der Waals surface area contributed by atoms with Gasteiger partial charge in [0.1, 0.15) is 17.1 Å². The number of hydrogen-bond donors (Lipinski definition) is 1. The second-order valence-electron chi connectivity index (χ2n) is 8.84. The first-order valence-corrected chi connectivity index (χ1v) is 13.2. The number of hydrogen-bond acceptors (Lipinski definition) is 7. The fourth-order valence-corrected chi connectivity index (χ4v) is 5.45. The van der Waals surface area contributed by atoms with E-state index in [-0.39, 0.29) is 42.1 Å². The topological polar surface area (TPSA) is 111 Å². The molecule has 41 heavy (non-hydrogen) atoms. The Balaban J connectivity index is 1.52. The third-order valence-electron chi connectivity index (χ3n) is 6.40. The number of pyridine rings is 2. The third kappa shape index (κ3) is 5.63. The Morgan fingerprint density at radius 2 is 1.90 bits per heavy atom. The molecule has 1 aliphatic heterocycles. The van der Waals surface area contributed by atoms with E-state index in [1.165, 1.54) is 30.0 Å². The van der Waals surface area contributed by atoms with Crippen LogP contribution in [0, 0.1) is 5.82 Å². The number of rotatable bonds is 7. The lowest BCUT2D eigenvalue weighted by Gasteiger charge is -2.29. The summed E-state index contributed by atoms with van der Waals surface area (Å²) in [6, 6.07) is 9.17. The maximum absolute atomic E-state index is 15.5. The smallest absolute Gasteiger partial charge is 0.421 e. The van der Waals surface area contributed by atoms with Crippen molar-refractivity contribution in [3.05, 3.63) is 87.9 Å². The Labute approximate surface area is 233 Å². The maximum atomic E-state index is 15.5. The molecule has 0 aliphatic carbocycles. The molecule has 1 unspecified atom stereocenters. The average molecular weight is 591 g/mol. The van der Waals surface area contributed by atoms with Gasteiger partial charge in [0.2, 0.25) is 5.88 Å². The number of fused-ring (bicyclic) bond motifs is 1. The molecule has 4 aromatic rings. The van der Waals surface area contributed by atoms with Crippen LogP contribution in [-0.2, 0) is 30.3 Å². The Bertz CT molecular complexity index is 1680. The lowest BCUT2D eigenvalue weighted by Crippen LogP contribution is -2.38. The number of ether oxygens (including phenoxy) is 2. The van der Waals surface area contributed by atoms with Gasteiger partial charge < -0.3 is 9.47 Å².